The van der Waals surface area contributed by atoms with Crippen LogP contribution in [-0.2, 0) is 0 Å². The quantitative estimate of drug-likeness (QED) is 0.790. The van der Waals surface area contributed by atoms with Crippen molar-refractivity contribution in [2.45, 2.75) is 37.8 Å². The summed E-state index contributed by atoms with van der Waals surface area (Å²) in [6.07, 6.45) is 3.31. The molecular weight excluding hydrogens is 398 g/mol. The van der Waals surface area contributed by atoms with E-state index in [-0.39, 0.29) is 18.4 Å². The second kappa shape index (κ2) is 7.71. The molecule has 1 saturated heterocycles. The first kappa shape index (κ1) is 20.1. The van der Waals surface area contributed by atoms with E-state index in [1.165, 1.54) is 17.7 Å². The van der Waals surface area contributed by atoms with Crippen LogP contribution in [0.25, 0.3) is 0 Å². The van der Waals surface area contributed by atoms with Gasteiger partial charge in [0.05, 0.1) is 40.8 Å². The molecule has 0 bridgehead atoms. The molecule has 166 valence electrons. The molecule has 0 aromatic heterocycles. The van der Waals surface area contributed by atoms with Gasteiger partial charge in [-0.25, -0.2) is 0 Å². The first-order valence-corrected chi connectivity index (χ1v) is 10.8. The lowest BCUT2D eigenvalue weighted by atomic mass is 9.81. The summed E-state index contributed by atoms with van der Waals surface area (Å²) in [5, 5.41) is 0. The Hall–Kier alpha value is -2.80. The molecule has 0 unspecified atom stereocenters. The fourth-order valence-electron chi connectivity index (χ4n) is 5.23. The highest BCUT2D eigenvalue weighted by Gasteiger charge is 2.47. The molecule has 0 spiro atoms. The SMILES string of the molecule is COc1cc([C@@H]2C[C@@](C)([NH+]3CCCC3)Oc3cc4c(cc32)OCO4)cc(OC)c1OC. The first-order chi connectivity index (χ1) is 15.1. The Morgan fingerprint density at radius 1 is 0.871 bits per heavy atom. The second-order valence-corrected chi connectivity index (χ2v) is 8.60. The smallest absolute Gasteiger partial charge is 0.239 e. The molecule has 7 nitrogen and oxygen atoms in total. The third kappa shape index (κ3) is 3.31. The van der Waals surface area contributed by atoms with Crippen LogP contribution in [0.4, 0.5) is 0 Å². The van der Waals surface area contributed by atoms with Crippen LogP contribution in [0.3, 0.4) is 0 Å². The lowest BCUT2D eigenvalue weighted by Crippen LogP contribution is -3.19. The predicted molar refractivity (Wildman–Crippen MR) is 114 cm³/mol. The van der Waals surface area contributed by atoms with E-state index in [0.29, 0.717) is 17.2 Å². The van der Waals surface area contributed by atoms with E-state index in [0.717, 1.165) is 47.9 Å². The molecule has 2 atom stereocenters. The molecule has 31 heavy (non-hydrogen) atoms. The van der Waals surface area contributed by atoms with Crippen LogP contribution >= 0.6 is 0 Å². The van der Waals surface area contributed by atoms with Gasteiger partial charge in [-0.2, -0.15) is 0 Å². The Balaban J connectivity index is 1.65. The third-order valence-electron chi connectivity index (χ3n) is 6.85. The number of ether oxygens (including phenoxy) is 6. The minimum absolute atomic E-state index is 0.0880. The van der Waals surface area contributed by atoms with Gasteiger partial charge in [0.1, 0.15) is 5.75 Å². The van der Waals surface area contributed by atoms with Gasteiger partial charge in [-0.15, -0.1) is 0 Å². The van der Waals surface area contributed by atoms with Crippen molar-refractivity contribution in [2.24, 2.45) is 0 Å². The van der Waals surface area contributed by atoms with Gasteiger partial charge in [-0.3, -0.25) is 4.90 Å². The minimum atomic E-state index is -0.331. The Kier molecular flexibility index (Phi) is 5.01. The fourth-order valence-corrected chi connectivity index (χ4v) is 5.23. The maximum Gasteiger partial charge on any atom is 0.239 e. The van der Waals surface area contributed by atoms with Gasteiger partial charge < -0.3 is 28.4 Å². The van der Waals surface area contributed by atoms with E-state index in [2.05, 4.69) is 13.0 Å². The molecule has 0 amide bonds. The van der Waals surface area contributed by atoms with Crippen LogP contribution in [0.5, 0.6) is 34.5 Å². The summed E-state index contributed by atoms with van der Waals surface area (Å²) in [7, 11) is 4.92. The van der Waals surface area contributed by atoms with Crippen molar-refractivity contribution in [2.75, 3.05) is 41.2 Å². The molecule has 3 heterocycles. The van der Waals surface area contributed by atoms with E-state index >= 15 is 0 Å². The fraction of sp³-hybridized carbons (Fsp3) is 0.500. The molecule has 3 aliphatic heterocycles. The predicted octanol–water partition coefficient (Wildman–Crippen LogP) is 2.75. The zero-order valence-electron chi connectivity index (χ0n) is 18.6. The number of quaternary nitrogens is 1. The average molecular weight is 429 g/mol. The molecule has 5 rings (SSSR count). The van der Waals surface area contributed by atoms with Crippen molar-refractivity contribution in [3.05, 3.63) is 35.4 Å². The molecule has 1 N–H and O–H groups in total. The summed E-state index contributed by atoms with van der Waals surface area (Å²) in [5.41, 5.74) is 1.86. The number of methoxy groups -OCH3 is 3. The van der Waals surface area contributed by atoms with Crippen molar-refractivity contribution in [1.29, 1.82) is 0 Å². The zero-order chi connectivity index (χ0) is 21.6. The zero-order valence-corrected chi connectivity index (χ0v) is 18.6. The molecule has 3 aliphatic rings. The molecule has 1 fully saturated rings. The van der Waals surface area contributed by atoms with Gasteiger partial charge >= 0.3 is 0 Å². The number of nitrogens with one attached hydrogen (secondary N) is 1. The number of hydrogen-bond acceptors (Lipinski definition) is 6. The van der Waals surface area contributed by atoms with Crippen LogP contribution in [-0.4, -0.2) is 46.9 Å². The number of rotatable bonds is 5. The number of benzene rings is 2. The van der Waals surface area contributed by atoms with Crippen LogP contribution < -0.4 is 33.3 Å². The number of likely N-dealkylation sites (tertiary alicyclic amines) is 1. The minimum Gasteiger partial charge on any atom is -0.493 e. The monoisotopic (exact) mass is 428 g/mol. The lowest BCUT2D eigenvalue weighted by molar-refractivity contribution is -0.962. The topological polar surface area (TPSA) is 59.8 Å². The normalized spacial score (nSPS) is 24.5. The van der Waals surface area contributed by atoms with E-state index < -0.39 is 0 Å². The number of fused-ring (bicyclic) bond motifs is 2. The number of hydrogen-bond donors (Lipinski definition) is 1. The summed E-state index contributed by atoms with van der Waals surface area (Å²) >= 11 is 0. The van der Waals surface area contributed by atoms with Crippen molar-refractivity contribution >= 4 is 0 Å². The highest BCUT2D eigenvalue weighted by Crippen LogP contribution is 2.50. The van der Waals surface area contributed by atoms with Crippen LogP contribution in [0, 0.1) is 0 Å². The largest absolute Gasteiger partial charge is 0.493 e. The molecular formula is C24H30NO6+. The summed E-state index contributed by atoms with van der Waals surface area (Å²) in [6, 6.07) is 8.14. The van der Waals surface area contributed by atoms with E-state index in [1.807, 2.05) is 18.2 Å². The second-order valence-electron chi connectivity index (χ2n) is 8.60. The third-order valence-corrected chi connectivity index (χ3v) is 6.85. The maximum atomic E-state index is 6.68. The Labute approximate surface area is 182 Å². The van der Waals surface area contributed by atoms with Gasteiger partial charge in [-0.1, -0.05) is 0 Å². The Morgan fingerprint density at radius 2 is 1.52 bits per heavy atom. The van der Waals surface area contributed by atoms with E-state index in [1.54, 1.807) is 21.3 Å². The van der Waals surface area contributed by atoms with Crippen LogP contribution in [0.2, 0.25) is 0 Å². The van der Waals surface area contributed by atoms with Crippen LogP contribution in [0.15, 0.2) is 24.3 Å². The van der Waals surface area contributed by atoms with Crippen molar-refractivity contribution < 1.29 is 33.3 Å². The maximum absolute atomic E-state index is 6.68. The Bertz CT molecular complexity index is 961. The van der Waals surface area contributed by atoms with Gasteiger partial charge in [-0.05, 0) is 23.8 Å². The van der Waals surface area contributed by atoms with E-state index in [9.17, 15) is 0 Å². The Morgan fingerprint density at radius 3 is 2.13 bits per heavy atom. The summed E-state index contributed by atoms with van der Waals surface area (Å²) in [5.74, 6) is 4.35. The lowest BCUT2D eigenvalue weighted by Gasteiger charge is -2.42. The molecule has 0 radical (unpaired) electrons. The highest BCUT2D eigenvalue weighted by molar-refractivity contribution is 5.59. The van der Waals surface area contributed by atoms with E-state index in [4.69, 9.17) is 28.4 Å². The van der Waals surface area contributed by atoms with Gasteiger partial charge in [0.15, 0.2) is 23.0 Å². The van der Waals surface area contributed by atoms with Crippen molar-refractivity contribution in [3.8, 4) is 34.5 Å². The molecule has 0 aliphatic carbocycles. The molecule has 2 aromatic rings. The first-order valence-electron chi connectivity index (χ1n) is 10.8. The van der Waals surface area contributed by atoms with Gasteiger partial charge in [0.2, 0.25) is 18.3 Å². The summed E-state index contributed by atoms with van der Waals surface area (Å²) in [4.78, 5) is 1.49. The standard InChI is InChI=1S/C24H29NO6/c1-24(25-7-5-6-8-25)13-17(15-9-21(26-2)23(28-4)22(10-15)27-3)16-11-19-20(30-14-29-19)12-18(16)31-24/h9-12,17H,5-8,13-14H2,1-4H3/p+1/t17-,24-/m0/s1. The van der Waals surface area contributed by atoms with Crippen LogP contribution in [0.1, 0.15) is 43.2 Å². The highest BCUT2D eigenvalue weighted by atomic mass is 16.7. The van der Waals surface area contributed by atoms with Crippen molar-refractivity contribution in [1.82, 2.24) is 0 Å². The summed E-state index contributed by atoms with van der Waals surface area (Å²) < 4.78 is 34.8. The van der Waals surface area contributed by atoms with Gasteiger partial charge in [0, 0.05) is 37.3 Å². The summed E-state index contributed by atoms with van der Waals surface area (Å²) in [6.45, 7) is 4.71. The molecule has 2 aromatic carbocycles. The molecule has 7 heteroatoms. The molecule has 0 saturated carbocycles. The van der Waals surface area contributed by atoms with Gasteiger partial charge in [0.25, 0.3) is 0 Å². The van der Waals surface area contributed by atoms with Crippen molar-refractivity contribution in [3.63, 3.8) is 0 Å². The average Bonchev–Trinajstić information content (AvgIpc) is 3.48.